The summed E-state index contributed by atoms with van der Waals surface area (Å²) < 4.78 is 5.02. The van der Waals surface area contributed by atoms with E-state index in [9.17, 15) is 9.90 Å². The first-order valence-electron chi connectivity index (χ1n) is 7.62. The van der Waals surface area contributed by atoms with Crippen LogP contribution in [0.4, 0.5) is 0 Å². The fourth-order valence-electron chi connectivity index (χ4n) is 2.13. The minimum absolute atomic E-state index is 0.0467. The molecule has 5 heteroatoms. The van der Waals surface area contributed by atoms with Crippen LogP contribution in [0, 0.1) is 0 Å². The van der Waals surface area contributed by atoms with Crippen LogP contribution in [0.25, 0.3) is 0 Å². The number of phenolic OH excluding ortho intramolecular Hbond substituents is 1. The van der Waals surface area contributed by atoms with Gasteiger partial charge in [-0.3, -0.25) is 4.79 Å². The van der Waals surface area contributed by atoms with Crippen molar-refractivity contribution in [1.82, 2.24) is 5.43 Å². The van der Waals surface area contributed by atoms with Crippen molar-refractivity contribution in [3.63, 3.8) is 0 Å². The summed E-state index contributed by atoms with van der Waals surface area (Å²) >= 11 is 0. The number of phenols is 1. The third-order valence-corrected chi connectivity index (χ3v) is 3.60. The molecule has 0 aliphatic heterocycles. The maximum atomic E-state index is 12.1. The average Bonchev–Trinajstić information content (AvgIpc) is 2.55. The van der Waals surface area contributed by atoms with E-state index in [1.54, 1.807) is 24.3 Å². The van der Waals surface area contributed by atoms with Crippen LogP contribution in [0.1, 0.15) is 42.3 Å². The number of carbonyl (C=O) groups excluding carboxylic acids is 1. The van der Waals surface area contributed by atoms with Crippen LogP contribution in [0.15, 0.2) is 47.6 Å². The highest BCUT2D eigenvalue weighted by molar-refractivity contribution is 5.95. The topological polar surface area (TPSA) is 70.9 Å². The lowest BCUT2D eigenvalue weighted by molar-refractivity contribution is 0.0955. The molecule has 0 fully saturated rings. The lowest BCUT2D eigenvalue weighted by Crippen LogP contribution is -2.18. The van der Waals surface area contributed by atoms with Crippen molar-refractivity contribution in [1.29, 1.82) is 0 Å². The molecule has 126 valence electrons. The number of nitrogens with one attached hydrogen (secondary N) is 1. The van der Waals surface area contributed by atoms with Crippen LogP contribution in [0.5, 0.6) is 11.5 Å². The second-order valence-corrected chi connectivity index (χ2v) is 6.46. The normalized spacial score (nSPS) is 11.5. The average molecular weight is 326 g/mol. The quantitative estimate of drug-likeness (QED) is 0.667. The summed E-state index contributed by atoms with van der Waals surface area (Å²) in [5.74, 6) is 0.123. The molecule has 0 heterocycles. The molecule has 2 aromatic rings. The van der Waals surface area contributed by atoms with Gasteiger partial charge in [0.25, 0.3) is 5.91 Å². The molecule has 24 heavy (non-hydrogen) atoms. The molecule has 0 spiro atoms. The van der Waals surface area contributed by atoms with E-state index < -0.39 is 0 Å². The maximum Gasteiger partial charge on any atom is 0.271 e. The molecule has 0 atom stereocenters. The lowest BCUT2D eigenvalue weighted by Gasteiger charge is -2.18. The Kier molecular flexibility index (Phi) is 5.24. The Morgan fingerprint density at radius 2 is 1.83 bits per heavy atom. The fraction of sp³-hybridized carbons (Fsp3) is 0.263. The molecule has 0 saturated heterocycles. The van der Waals surface area contributed by atoms with E-state index >= 15 is 0 Å². The molecule has 0 radical (unpaired) electrons. The number of benzene rings is 2. The molecule has 2 N–H and O–H groups in total. The van der Waals surface area contributed by atoms with Crippen molar-refractivity contribution >= 4 is 12.1 Å². The van der Waals surface area contributed by atoms with Crippen molar-refractivity contribution in [2.45, 2.75) is 26.2 Å². The summed E-state index contributed by atoms with van der Waals surface area (Å²) in [5.41, 5.74) is 4.94. The van der Waals surface area contributed by atoms with Gasteiger partial charge in [-0.05, 0) is 46.9 Å². The van der Waals surface area contributed by atoms with E-state index in [-0.39, 0.29) is 17.1 Å². The molecule has 2 rings (SSSR count). The first kappa shape index (κ1) is 17.5. The van der Waals surface area contributed by atoms with Gasteiger partial charge in [0.05, 0.1) is 13.3 Å². The second kappa shape index (κ2) is 7.17. The van der Waals surface area contributed by atoms with Gasteiger partial charge < -0.3 is 9.84 Å². The summed E-state index contributed by atoms with van der Waals surface area (Å²) in [4.78, 5) is 12.1. The van der Waals surface area contributed by atoms with Crippen LogP contribution in [-0.4, -0.2) is 24.3 Å². The van der Waals surface area contributed by atoms with E-state index in [0.29, 0.717) is 16.9 Å². The van der Waals surface area contributed by atoms with Crippen LogP contribution >= 0.6 is 0 Å². The number of rotatable bonds is 4. The van der Waals surface area contributed by atoms with Gasteiger partial charge in [-0.25, -0.2) is 5.43 Å². The molecular formula is C19H22N2O3. The molecule has 2 aromatic carbocycles. The number of hydrogen-bond acceptors (Lipinski definition) is 4. The molecule has 1 amide bonds. The van der Waals surface area contributed by atoms with Gasteiger partial charge in [0.1, 0.15) is 0 Å². The highest BCUT2D eigenvalue weighted by atomic mass is 16.5. The fourth-order valence-corrected chi connectivity index (χ4v) is 2.13. The van der Waals surface area contributed by atoms with Crippen LogP contribution in [0.3, 0.4) is 0 Å². The van der Waals surface area contributed by atoms with Crippen LogP contribution in [-0.2, 0) is 5.41 Å². The Balaban J connectivity index is 2.02. The zero-order valence-electron chi connectivity index (χ0n) is 14.3. The van der Waals surface area contributed by atoms with Gasteiger partial charge in [0, 0.05) is 5.56 Å². The molecule has 0 unspecified atom stereocenters. The van der Waals surface area contributed by atoms with E-state index in [0.717, 1.165) is 0 Å². The number of amides is 1. The Morgan fingerprint density at radius 3 is 2.42 bits per heavy atom. The zero-order valence-corrected chi connectivity index (χ0v) is 14.3. The van der Waals surface area contributed by atoms with Crippen molar-refractivity contribution in [3.05, 3.63) is 59.2 Å². The summed E-state index contributed by atoms with van der Waals surface area (Å²) in [6.45, 7) is 6.37. The Morgan fingerprint density at radius 1 is 1.17 bits per heavy atom. The number of nitrogens with zero attached hydrogens (tertiary/aromatic N) is 1. The van der Waals surface area contributed by atoms with Gasteiger partial charge in [-0.2, -0.15) is 5.10 Å². The minimum Gasteiger partial charge on any atom is -0.504 e. The highest BCUT2D eigenvalue weighted by Gasteiger charge is 2.14. The number of carbonyl (C=O) groups is 1. The summed E-state index contributed by atoms with van der Waals surface area (Å²) in [7, 11) is 1.47. The maximum absolute atomic E-state index is 12.1. The standard InChI is InChI=1S/C19H22N2O3/c1-19(2,3)15-8-6-14(7-9-15)18(23)21-20-12-13-5-10-16(22)17(11-13)24-4/h5-12,22H,1-4H3,(H,21,23)/b20-12+. The summed E-state index contributed by atoms with van der Waals surface area (Å²) in [5, 5.41) is 13.5. The number of methoxy groups -OCH3 is 1. The van der Waals surface area contributed by atoms with E-state index in [4.69, 9.17) is 4.74 Å². The molecule has 0 aliphatic carbocycles. The molecular weight excluding hydrogens is 304 g/mol. The number of aromatic hydroxyl groups is 1. The SMILES string of the molecule is COc1cc(/C=N/NC(=O)c2ccc(C(C)(C)C)cc2)ccc1O. The van der Waals surface area contributed by atoms with Gasteiger partial charge in [-0.15, -0.1) is 0 Å². The van der Waals surface area contributed by atoms with Gasteiger partial charge in [-0.1, -0.05) is 32.9 Å². The third-order valence-electron chi connectivity index (χ3n) is 3.60. The Hall–Kier alpha value is -2.82. The van der Waals surface area contributed by atoms with Gasteiger partial charge in [0.15, 0.2) is 11.5 Å². The van der Waals surface area contributed by atoms with Crippen molar-refractivity contribution in [3.8, 4) is 11.5 Å². The Labute approximate surface area is 142 Å². The minimum atomic E-state index is -0.280. The van der Waals surface area contributed by atoms with Crippen molar-refractivity contribution in [2.75, 3.05) is 7.11 Å². The molecule has 0 saturated carbocycles. The molecule has 0 aliphatic rings. The molecule has 0 aromatic heterocycles. The van der Waals surface area contributed by atoms with Crippen LogP contribution in [0.2, 0.25) is 0 Å². The molecule has 0 bridgehead atoms. The monoisotopic (exact) mass is 326 g/mol. The smallest absolute Gasteiger partial charge is 0.271 e. The number of ether oxygens (including phenoxy) is 1. The van der Waals surface area contributed by atoms with Crippen molar-refractivity contribution < 1.29 is 14.6 Å². The largest absolute Gasteiger partial charge is 0.504 e. The first-order valence-corrected chi connectivity index (χ1v) is 7.62. The van der Waals surface area contributed by atoms with E-state index in [1.165, 1.54) is 25.0 Å². The predicted octanol–water partition coefficient (Wildman–Crippen LogP) is 3.46. The predicted molar refractivity (Wildman–Crippen MR) is 94.9 cm³/mol. The summed E-state index contributed by atoms with van der Waals surface area (Å²) in [6, 6.07) is 12.3. The number of hydrazone groups is 1. The molecule has 5 nitrogen and oxygen atoms in total. The van der Waals surface area contributed by atoms with E-state index in [2.05, 4.69) is 31.3 Å². The van der Waals surface area contributed by atoms with Gasteiger partial charge >= 0.3 is 0 Å². The van der Waals surface area contributed by atoms with Crippen molar-refractivity contribution in [2.24, 2.45) is 5.10 Å². The zero-order chi connectivity index (χ0) is 17.7. The first-order chi connectivity index (χ1) is 11.3. The Bertz CT molecular complexity index is 744. The van der Waals surface area contributed by atoms with E-state index in [1.807, 2.05) is 12.1 Å². The second-order valence-electron chi connectivity index (χ2n) is 6.46. The van der Waals surface area contributed by atoms with Crippen LogP contribution < -0.4 is 10.2 Å². The summed E-state index contributed by atoms with van der Waals surface area (Å²) in [6.07, 6.45) is 1.49. The van der Waals surface area contributed by atoms with Gasteiger partial charge in [0.2, 0.25) is 0 Å². The lowest BCUT2D eigenvalue weighted by atomic mass is 9.87. The third kappa shape index (κ3) is 4.35. The highest BCUT2D eigenvalue weighted by Crippen LogP contribution is 2.25. The number of hydrogen-bond donors (Lipinski definition) is 2.